The highest BCUT2D eigenvalue weighted by Gasteiger charge is 2.10. The number of nitrogens with one attached hydrogen (secondary N) is 2. The minimum Gasteiger partial charge on any atom is -0.397 e. The van der Waals surface area contributed by atoms with E-state index < -0.39 is 10.0 Å². The van der Waals surface area contributed by atoms with Gasteiger partial charge in [-0.25, -0.2) is 13.1 Å². The van der Waals surface area contributed by atoms with Gasteiger partial charge in [-0.15, -0.1) is 0 Å². The molecule has 0 saturated carbocycles. The van der Waals surface area contributed by atoms with E-state index in [1.54, 1.807) is 23.9 Å². The minimum absolute atomic E-state index is 0.157. The maximum atomic E-state index is 11.6. The lowest BCUT2D eigenvalue weighted by atomic mass is 10.4. The van der Waals surface area contributed by atoms with Crippen LogP contribution < -0.4 is 15.8 Å². The Bertz CT molecular complexity index is 506. The van der Waals surface area contributed by atoms with E-state index in [4.69, 9.17) is 5.73 Å². The molecule has 0 saturated heterocycles. The topological polar surface area (TPSA) is 106 Å². The molecule has 1 amide bonds. The number of anilines is 1. The van der Waals surface area contributed by atoms with Crippen molar-refractivity contribution in [3.8, 4) is 0 Å². The average molecular weight is 260 g/mol. The number of nitrogen functional groups attached to an aromatic ring is 1. The highest BCUT2D eigenvalue weighted by atomic mass is 32.2. The predicted octanol–water partition coefficient (Wildman–Crippen LogP) is -1.11. The van der Waals surface area contributed by atoms with Crippen LogP contribution in [0.25, 0.3) is 0 Å². The second-order valence-corrected chi connectivity index (χ2v) is 5.52. The molecule has 1 aromatic rings. The van der Waals surface area contributed by atoms with Crippen molar-refractivity contribution < 1.29 is 13.2 Å². The Hall–Kier alpha value is -1.54. The molecule has 0 spiro atoms. The summed E-state index contributed by atoms with van der Waals surface area (Å²) in [5.41, 5.74) is 6.48. The number of hydrogen-bond acceptors (Lipinski definition) is 4. The predicted molar refractivity (Wildman–Crippen MR) is 65.0 cm³/mol. The first-order chi connectivity index (χ1) is 7.79. The molecule has 0 atom stereocenters. The average Bonchev–Trinajstić information content (AvgIpc) is 2.51. The van der Waals surface area contributed by atoms with Gasteiger partial charge in [0.05, 0.1) is 11.9 Å². The Morgan fingerprint density at radius 3 is 2.59 bits per heavy atom. The number of aryl methyl sites for hydroxylation is 1. The van der Waals surface area contributed by atoms with E-state index in [1.807, 2.05) is 0 Å². The van der Waals surface area contributed by atoms with Gasteiger partial charge in [-0.2, -0.15) is 0 Å². The molecule has 0 aromatic carbocycles. The van der Waals surface area contributed by atoms with Crippen molar-refractivity contribution in [2.24, 2.45) is 7.05 Å². The van der Waals surface area contributed by atoms with Gasteiger partial charge < -0.3 is 15.6 Å². The van der Waals surface area contributed by atoms with Crippen molar-refractivity contribution >= 4 is 21.6 Å². The van der Waals surface area contributed by atoms with Crippen molar-refractivity contribution in [1.29, 1.82) is 0 Å². The van der Waals surface area contributed by atoms with E-state index in [2.05, 4.69) is 10.0 Å². The van der Waals surface area contributed by atoms with Gasteiger partial charge >= 0.3 is 0 Å². The first kappa shape index (κ1) is 13.5. The molecular weight excluding hydrogens is 244 g/mol. The number of nitrogens with zero attached hydrogens (tertiary/aromatic N) is 1. The number of aromatic nitrogens is 1. The summed E-state index contributed by atoms with van der Waals surface area (Å²) in [5, 5.41) is 2.58. The molecule has 0 radical (unpaired) electrons. The first-order valence-electron chi connectivity index (χ1n) is 4.94. The van der Waals surface area contributed by atoms with Gasteiger partial charge in [0.1, 0.15) is 5.69 Å². The fourth-order valence-corrected chi connectivity index (χ4v) is 1.79. The summed E-state index contributed by atoms with van der Waals surface area (Å²) in [6, 6.07) is 1.55. The second kappa shape index (κ2) is 5.19. The molecular formula is C9H16N4O3S. The van der Waals surface area contributed by atoms with E-state index in [1.165, 1.54) is 0 Å². The maximum Gasteiger partial charge on any atom is 0.268 e. The Balaban J connectivity index is 2.43. The molecule has 96 valence electrons. The number of carbonyl (C=O) groups excluding carboxylic acids is 1. The molecule has 1 rings (SSSR count). The lowest BCUT2D eigenvalue weighted by molar-refractivity contribution is 0.0946. The van der Waals surface area contributed by atoms with Gasteiger partial charge in [0.2, 0.25) is 10.0 Å². The third kappa shape index (κ3) is 4.45. The van der Waals surface area contributed by atoms with Crippen molar-refractivity contribution in [1.82, 2.24) is 14.6 Å². The lowest BCUT2D eigenvalue weighted by Crippen LogP contribution is -2.34. The third-order valence-corrected chi connectivity index (χ3v) is 2.76. The maximum absolute atomic E-state index is 11.6. The Labute approximate surface area is 100 Å². The molecule has 8 heteroatoms. The van der Waals surface area contributed by atoms with Crippen LogP contribution in [0.1, 0.15) is 10.5 Å². The molecule has 0 unspecified atom stereocenters. The normalized spacial score (nSPS) is 11.4. The number of amides is 1. The van der Waals surface area contributed by atoms with E-state index in [0.717, 1.165) is 6.26 Å². The zero-order valence-corrected chi connectivity index (χ0v) is 10.5. The summed E-state index contributed by atoms with van der Waals surface area (Å²) in [6.07, 6.45) is 2.69. The van der Waals surface area contributed by atoms with Gasteiger partial charge in [-0.05, 0) is 6.07 Å². The van der Waals surface area contributed by atoms with Crippen LogP contribution in [-0.2, 0) is 17.1 Å². The first-order valence-corrected chi connectivity index (χ1v) is 6.83. The molecule has 0 bridgehead atoms. The molecule has 7 nitrogen and oxygen atoms in total. The molecule has 0 aliphatic heterocycles. The fourth-order valence-electron chi connectivity index (χ4n) is 1.32. The van der Waals surface area contributed by atoms with Crippen LogP contribution in [0.2, 0.25) is 0 Å². The Kier molecular flexibility index (Phi) is 4.13. The van der Waals surface area contributed by atoms with Crippen LogP contribution in [0, 0.1) is 0 Å². The van der Waals surface area contributed by atoms with Crippen LogP contribution in [-0.4, -0.2) is 38.2 Å². The van der Waals surface area contributed by atoms with Crippen LogP contribution >= 0.6 is 0 Å². The van der Waals surface area contributed by atoms with Gasteiger partial charge in [-0.1, -0.05) is 0 Å². The molecule has 0 aliphatic carbocycles. The standard InChI is InChI=1S/C9H16N4O3S/c1-13-6-7(10)5-8(13)9(14)11-3-4-12-17(2,15)16/h5-6,12H,3-4,10H2,1-2H3,(H,11,14). The smallest absolute Gasteiger partial charge is 0.268 e. The molecule has 1 aromatic heterocycles. The van der Waals surface area contributed by atoms with E-state index in [0.29, 0.717) is 11.4 Å². The minimum atomic E-state index is -3.22. The summed E-state index contributed by atoms with van der Waals surface area (Å²) in [5.74, 6) is -0.292. The molecule has 1 heterocycles. The van der Waals surface area contributed by atoms with E-state index >= 15 is 0 Å². The molecule has 0 fully saturated rings. The summed E-state index contributed by atoms with van der Waals surface area (Å²) in [6.45, 7) is 0.376. The van der Waals surface area contributed by atoms with Crippen molar-refractivity contribution in [2.45, 2.75) is 0 Å². The SMILES string of the molecule is Cn1cc(N)cc1C(=O)NCCNS(C)(=O)=O. The molecule has 0 aliphatic rings. The Morgan fingerprint density at radius 1 is 1.47 bits per heavy atom. The quantitative estimate of drug-likeness (QED) is 0.583. The summed E-state index contributed by atoms with van der Waals surface area (Å²) >= 11 is 0. The van der Waals surface area contributed by atoms with Crippen LogP contribution in [0.4, 0.5) is 5.69 Å². The zero-order valence-electron chi connectivity index (χ0n) is 9.73. The number of carbonyl (C=O) groups is 1. The summed E-state index contributed by atoms with van der Waals surface area (Å²) in [4.78, 5) is 11.6. The summed E-state index contributed by atoms with van der Waals surface area (Å²) in [7, 11) is -1.51. The van der Waals surface area contributed by atoms with Gasteiger partial charge in [0, 0.05) is 26.3 Å². The third-order valence-electron chi connectivity index (χ3n) is 2.03. The fraction of sp³-hybridized carbons (Fsp3) is 0.444. The second-order valence-electron chi connectivity index (χ2n) is 3.69. The lowest BCUT2D eigenvalue weighted by Gasteiger charge is -2.06. The van der Waals surface area contributed by atoms with Crippen LogP contribution in [0.15, 0.2) is 12.3 Å². The number of sulfonamides is 1. The van der Waals surface area contributed by atoms with Crippen LogP contribution in [0.5, 0.6) is 0 Å². The number of rotatable bonds is 5. The van der Waals surface area contributed by atoms with E-state index in [9.17, 15) is 13.2 Å². The molecule has 17 heavy (non-hydrogen) atoms. The zero-order chi connectivity index (χ0) is 13.1. The number of nitrogens with two attached hydrogens (primary N) is 1. The summed E-state index contributed by atoms with van der Waals surface area (Å²) < 4.78 is 25.4. The van der Waals surface area contributed by atoms with Crippen molar-refractivity contribution in [2.75, 3.05) is 25.1 Å². The number of hydrogen-bond donors (Lipinski definition) is 3. The molecule has 4 N–H and O–H groups in total. The van der Waals surface area contributed by atoms with Gasteiger partial charge in [-0.3, -0.25) is 4.79 Å². The van der Waals surface area contributed by atoms with Crippen molar-refractivity contribution in [3.05, 3.63) is 18.0 Å². The monoisotopic (exact) mass is 260 g/mol. The van der Waals surface area contributed by atoms with Crippen molar-refractivity contribution in [3.63, 3.8) is 0 Å². The highest BCUT2D eigenvalue weighted by Crippen LogP contribution is 2.07. The van der Waals surface area contributed by atoms with Crippen LogP contribution in [0.3, 0.4) is 0 Å². The largest absolute Gasteiger partial charge is 0.397 e. The highest BCUT2D eigenvalue weighted by molar-refractivity contribution is 7.88. The Morgan fingerprint density at radius 2 is 2.12 bits per heavy atom. The van der Waals surface area contributed by atoms with Gasteiger partial charge in [0.15, 0.2) is 0 Å². The van der Waals surface area contributed by atoms with E-state index in [-0.39, 0.29) is 19.0 Å². The van der Waals surface area contributed by atoms with Gasteiger partial charge in [0.25, 0.3) is 5.91 Å².